The third-order valence-electron chi connectivity index (χ3n) is 6.35. The largest absolute Gasteiger partial charge is 0.486 e. The quantitative estimate of drug-likeness (QED) is 0.758. The third kappa shape index (κ3) is 4.87. The van der Waals surface area contributed by atoms with Crippen molar-refractivity contribution in [1.29, 1.82) is 0 Å². The van der Waals surface area contributed by atoms with Crippen LogP contribution in [0, 0.1) is 5.92 Å². The summed E-state index contributed by atoms with van der Waals surface area (Å²) in [4.78, 5) is 9.42. The first-order valence-corrected chi connectivity index (χ1v) is 11.5. The molecule has 1 aromatic carbocycles. The van der Waals surface area contributed by atoms with Crippen LogP contribution in [-0.2, 0) is 4.74 Å². The van der Waals surface area contributed by atoms with Crippen LogP contribution in [-0.4, -0.2) is 48.5 Å². The minimum absolute atomic E-state index is 0.00277. The van der Waals surface area contributed by atoms with Crippen LogP contribution in [0.3, 0.4) is 0 Å². The maximum atomic E-state index is 6.34. The van der Waals surface area contributed by atoms with E-state index in [-0.39, 0.29) is 6.10 Å². The molecule has 5 rings (SSSR count). The van der Waals surface area contributed by atoms with Crippen molar-refractivity contribution >= 4 is 5.95 Å². The van der Waals surface area contributed by atoms with Gasteiger partial charge in [0.2, 0.25) is 11.8 Å². The minimum Gasteiger partial charge on any atom is -0.486 e. The average Bonchev–Trinajstić information content (AvgIpc) is 2.81. The first-order valence-electron chi connectivity index (χ1n) is 11.5. The molecule has 1 atom stereocenters. The summed E-state index contributed by atoms with van der Waals surface area (Å²) in [7, 11) is 0. The van der Waals surface area contributed by atoms with Crippen molar-refractivity contribution in [3.05, 3.63) is 24.4 Å². The van der Waals surface area contributed by atoms with Crippen LogP contribution in [0.2, 0.25) is 0 Å². The summed E-state index contributed by atoms with van der Waals surface area (Å²) in [6.07, 6.45) is 8.62. The van der Waals surface area contributed by atoms with Gasteiger partial charge in [-0.2, -0.15) is 4.98 Å². The molecule has 2 aliphatic heterocycles. The summed E-state index contributed by atoms with van der Waals surface area (Å²) in [5.74, 6) is 3.54. The van der Waals surface area contributed by atoms with Crippen molar-refractivity contribution < 1.29 is 18.9 Å². The zero-order valence-electron chi connectivity index (χ0n) is 18.1. The van der Waals surface area contributed by atoms with E-state index in [9.17, 15) is 0 Å². The Kier molecular flexibility index (Phi) is 6.11. The Morgan fingerprint density at radius 1 is 1.00 bits per heavy atom. The number of fused-ring (bicyclic) bond motifs is 1. The highest BCUT2D eigenvalue weighted by atomic mass is 16.6. The molecule has 7 heteroatoms. The molecule has 0 unspecified atom stereocenters. The van der Waals surface area contributed by atoms with E-state index >= 15 is 0 Å². The maximum Gasteiger partial charge on any atom is 0.226 e. The number of hydrogen-bond donors (Lipinski definition) is 1. The van der Waals surface area contributed by atoms with Gasteiger partial charge in [0.15, 0.2) is 11.5 Å². The molecule has 0 amide bonds. The predicted octanol–water partition coefficient (Wildman–Crippen LogP) is 4.46. The van der Waals surface area contributed by atoms with E-state index in [2.05, 4.69) is 17.2 Å². The van der Waals surface area contributed by atoms with Crippen molar-refractivity contribution in [2.45, 2.75) is 57.6 Å². The highest BCUT2D eigenvalue weighted by Gasteiger charge is 2.23. The van der Waals surface area contributed by atoms with Crippen LogP contribution in [0.1, 0.15) is 45.4 Å². The fraction of sp³-hybridized carbons (Fsp3) is 0.583. The molecule has 1 saturated carbocycles. The molecule has 3 heterocycles. The van der Waals surface area contributed by atoms with Crippen molar-refractivity contribution in [2.24, 2.45) is 5.92 Å². The molecule has 166 valence electrons. The fourth-order valence-electron chi connectivity index (χ4n) is 4.48. The molecular formula is C24H31N3O4. The lowest BCUT2D eigenvalue weighted by atomic mass is 9.87. The second-order valence-electron chi connectivity index (χ2n) is 8.83. The van der Waals surface area contributed by atoms with Crippen molar-refractivity contribution in [3.8, 4) is 28.5 Å². The van der Waals surface area contributed by atoms with Gasteiger partial charge in [-0.25, -0.2) is 4.98 Å². The zero-order chi connectivity index (χ0) is 21.0. The summed E-state index contributed by atoms with van der Waals surface area (Å²) in [6, 6.07) is 6.34. The van der Waals surface area contributed by atoms with Crippen molar-refractivity contribution in [3.63, 3.8) is 0 Å². The van der Waals surface area contributed by atoms with Gasteiger partial charge in [0.25, 0.3) is 0 Å². The van der Waals surface area contributed by atoms with E-state index in [1.165, 1.54) is 12.8 Å². The van der Waals surface area contributed by atoms with Crippen LogP contribution in [0.5, 0.6) is 17.4 Å². The number of nitrogens with one attached hydrogen (secondary N) is 1. The Balaban J connectivity index is 1.42. The highest BCUT2D eigenvalue weighted by Crippen LogP contribution is 2.38. The summed E-state index contributed by atoms with van der Waals surface area (Å²) < 4.78 is 23.4. The van der Waals surface area contributed by atoms with Crippen LogP contribution < -0.4 is 19.5 Å². The van der Waals surface area contributed by atoms with Gasteiger partial charge in [-0.1, -0.05) is 13.0 Å². The average molecular weight is 426 g/mol. The normalized spacial score (nSPS) is 25.6. The number of anilines is 1. The molecule has 1 N–H and O–H groups in total. The second kappa shape index (κ2) is 9.30. The molecule has 3 aliphatic rings. The third-order valence-corrected chi connectivity index (χ3v) is 6.35. The molecule has 1 aromatic heterocycles. The molecule has 2 aromatic rings. The Morgan fingerprint density at radius 3 is 2.65 bits per heavy atom. The number of benzene rings is 1. The van der Waals surface area contributed by atoms with Gasteiger partial charge < -0.3 is 24.3 Å². The number of nitrogens with zero attached hydrogens (tertiary/aromatic N) is 2. The molecule has 1 aliphatic carbocycles. The Hall–Kier alpha value is -2.54. The number of rotatable bonds is 5. The smallest absolute Gasteiger partial charge is 0.226 e. The molecule has 2 fully saturated rings. The molecule has 1 saturated heterocycles. The topological polar surface area (TPSA) is 74.7 Å². The lowest BCUT2D eigenvalue weighted by molar-refractivity contribution is 0.00578. The first kappa shape index (κ1) is 20.4. The molecule has 0 bridgehead atoms. The van der Waals surface area contributed by atoms with Gasteiger partial charge >= 0.3 is 0 Å². The monoisotopic (exact) mass is 425 g/mol. The van der Waals surface area contributed by atoms with Gasteiger partial charge in [-0.3, -0.25) is 0 Å². The summed E-state index contributed by atoms with van der Waals surface area (Å²) >= 11 is 0. The molecule has 0 radical (unpaired) electrons. The van der Waals surface area contributed by atoms with E-state index in [1.54, 1.807) is 0 Å². The lowest BCUT2D eigenvalue weighted by Crippen LogP contribution is -2.29. The van der Waals surface area contributed by atoms with Crippen molar-refractivity contribution in [1.82, 2.24) is 9.97 Å². The maximum absolute atomic E-state index is 6.34. The van der Waals surface area contributed by atoms with Gasteiger partial charge in [0.1, 0.15) is 19.3 Å². The van der Waals surface area contributed by atoms with Crippen LogP contribution in [0.15, 0.2) is 24.4 Å². The molecule has 0 spiro atoms. The van der Waals surface area contributed by atoms with E-state index < -0.39 is 0 Å². The number of aromatic nitrogens is 2. The first-order chi connectivity index (χ1) is 15.2. The van der Waals surface area contributed by atoms with E-state index in [0.29, 0.717) is 37.7 Å². The van der Waals surface area contributed by atoms with Gasteiger partial charge in [0, 0.05) is 18.8 Å². The Labute approximate surface area is 183 Å². The summed E-state index contributed by atoms with van der Waals surface area (Å²) in [5.41, 5.74) is 1.80. The summed E-state index contributed by atoms with van der Waals surface area (Å²) in [5, 5.41) is 3.53. The Morgan fingerprint density at radius 2 is 1.84 bits per heavy atom. The van der Waals surface area contributed by atoms with Crippen LogP contribution in [0.25, 0.3) is 11.1 Å². The highest BCUT2D eigenvalue weighted by molar-refractivity contribution is 5.71. The standard InChI is InChI=1S/C24H31N3O4/c1-16-4-7-18(8-5-16)26-24-25-14-20(23(27-24)31-19-3-2-10-28-15-19)17-6-9-21-22(13-17)30-12-11-29-21/h6,9,13-14,16,18-19H,2-5,7-8,10-12,15H2,1H3,(H,25,26,27)/t16-,18-,19-/m1/s1. The van der Waals surface area contributed by atoms with Crippen molar-refractivity contribution in [2.75, 3.05) is 31.7 Å². The number of hydrogen-bond acceptors (Lipinski definition) is 7. The van der Waals surface area contributed by atoms with E-state index in [1.807, 2.05) is 24.4 Å². The van der Waals surface area contributed by atoms with Gasteiger partial charge in [-0.05, 0) is 62.1 Å². The van der Waals surface area contributed by atoms with Crippen LogP contribution in [0.4, 0.5) is 5.95 Å². The SMILES string of the molecule is C[C@H]1CC[C@H](Nc2ncc(-c3ccc4c(c3)OCCO4)c(O[C@@H]3CCCOC3)n2)CC1. The molecule has 31 heavy (non-hydrogen) atoms. The lowest BCUT2D eigenvalue weighted by Gasteiger charge is -2.27. The van der Waals surface area contributed by atoms with E-state index in [4.69, 9.17) is 23.9 Å². The van der Waals surface area contributed by atoms with Gasteiger partial charge in [-0.15, -0.1) is 0 Å². The van der Waals surface area contributed by atoms with Crippen LogP contribution >= 0.6 is 0 Å². The molecule has 7 nitrogen and oxygen atoms in total. The predicted molar refractivity (Wildman–Crippen MR) is 118 cm³/mol. The van der Waals surface area contributed by atoms with Gasteiger partial charge in [0.05, 0.1) is 12.2 Å². The Bertz CT molecular complexity index is 892. The minimum atomic E-state index is 0.00277. The number of ether oxygens (including phenoxy) is 4. The summed E-state index contributed by atoms with van der Waals surface area (Å²) in [6.45, 7) is 4.84. The fourth-order valence-corrected chi connectivity index (χ4v) is 4.48. The zero-order valence-corrected chi connectivity index (χ0v) is 18.1. The molecular weight excluding hydrogens is 394 g/mol. The van der Waals surface area contributed by atoms with E-state index in [0.717, 1.165) is 60.8 Å². The second-order valence-corrected chi connectivity index (χ2v) is 8.83.